The van der Waals surface area contributed by atoms with Gasteiger partial charge in [0.25, 0.3) is 0 Å². The van der Waals surface area contributed by atoms with E-state index in [0.29, 0.717) is 37.9 Å². The smallest absolute Gasteiger partial charge is 0.222 e. The molecule has 1 N–H and O–H groups in total. The van der Waals surface area contributed by atoms with Gasteiger partial charge in [-0.25, -0.2) is 9.07 Å². The fourth-order valence-corrected chi connectivity index (χ4v) is 3.69. The van der Waals surface area contributed by atoms with Gasteiger partial charge in [0.1, 0.15) is 17.3 Å². The summed E-state index contributed by atoms with van der Waals surface area (Å²) in [5, 5.41) is 15.2. The van der Waals surface area contributed by atoms with Crippen molar-refractivity contribution in [3.8, 4) is 22.9 Å². The first-order valence-corrected chi connectivity index (χ1v) is 11.0. The van der Waals surface area contributed by atoms with Crippen LogP contribution in [-0.2, 0) is 18.3 Å². The molecular formula is C25H32FN3O3. The molecule has 0 radical (unpaired) electrons. The van der Waals surface area contributed by atoms with Gasteiger partial charge in [0.15, 0.2) is 0 Å². The van der Waals surface area contributed by atoms with Gasteiger partial charge >= 0.3 is 0 Å². The summed E-state index contributed by atoms with van der Waals surface area (Å²) in [6.45, 7) is 4.27. The molecule has 3 rings (SSSR count). The van der Waals surface area contributed by atoms with Crippen LogP contribution in [0.25, 0.3) is 11.3 Å². The van der Waals surface area contributed by atoms with Gasteiger partial charge in [-0.2, -0.15) is 5.10 Å². The Labute approximate surface area is 189 Å². The lowest BCUT2D eigenvalue weighted by Crippen LogP contribution is -2.34. The molecule has 0 amide bonds. The zero-order valence-electron chi connectivity index (χ0n) is 19.0. The second kappa shape index (κ2) is 11.8. The molecule has 1 atom stereocenters. The van der Waals surface area contributed by atoms with Crippen LogP contribution in [0.5, 0.6) is 11.6 Å². The predicted octanol–water partition coefficient (Wildman–Crippen LogP) is 4.63. The number of hydrogen-bond donors (Lipinski definition) is 1. The highest BCUT2D eigenvalue weighted by molar-refractivity contribution is 5.65. The molecule has 0 fully saturated rings. The maximum absolute atomic E-state index is 13.8. The molecule has 0 aliphatic carbocycles. The number of aromatic nitrogens is 2. The first-order valence-electron chi connectivity index (χ1n) is 11.0. The Balaban J connectivity index is 1.99. The number of rotatable bonds is 12. The lowest BCUT2D eigenvalue weighted by atomic mass is 10.1. The molecule has 7 heteroatoms. The quantitative estimate of drug-likeness (QED) is 0.444. The first-order chi connectivity index (χ1) is 15.5. The Kier molecular flexibility index (Phi) is 8.79. The molecule has 6 nitrogen and oxygen atoms in total. The summed E-state index contributed by atoms with van der Waals surface area (Å²) in [7, 11) is 3.48. The van der Waals surface area contributed by atoms with Crippen molar-refractivity contribution < 1.29 is 19.0 Å². The highest BCUT2D eigenvalue weighted by atomic mass is 19.1. The van der Waals surface area contributed by atoms with E-state index in [4.69, 9.17) is 14.6 Å². The Morgan fingerprint density at radius 2 is 1.94 bits per heavy atom. The topological polar surface area (TPSA) is 59.8 Å². The highest BCUT2D eigenvalue weighted by Gasteiger charge is 2.23. The van der Waals surface area contributed by atoms with Gasteiger partial charge < -0.3 is 14.6 Å². The number of aryl methyl sites for hydroxylation is 1. The van der Waals surface area contributed by atoms with Crippen molar-refractivity contribution in [3.05, 3.63) is 66.0 Å². The third-order valence-electron chi connectivity index (χ3n) is 5.23. The summed E-state index contributed by atoms with van der Waals surface area (Å²) in [5.74, 6) is 0.587. The van der Waals surface area contributed by atoms with Crippen molar-refractivity contribution in [2.75, 3.05) is 26.8 Å². The summed E-state index contributed by atoms with van der Waals surface area (Å²) < 4.78 is 26.8. The van der Waals surface area contributed by atoms with Crippen LogP contribution in [0.2, 0.25) is 0 Å². The molecule has 0 bridgehead atoms. The minimum Gasteiger partial charge on any atom is -0.439 e. The summed E-state index contributed by atoms with van der Waals surface area (Å²) in [4.78, 5) is 2.14. The molecule has 32 heavy (non-hydrogen) atoms. The van der Waals surface area contributed by atoms with Gasteiger partial charge in [0.05, 0.1) is 18.3 Å². The molecule has 0 spiro atoms. The van der Waals surface area contributed by atoms with Gasteiger partial charge in [-0.3, -0.25) is 4.90 Å². The number of benzene rings is 2. The Hall–Kier alpha value is -2.74. The van der Waals surface area contributed by atoms with E-state index in [9.17, 15) is 9.50 Å². The summed E-state index contributed by atoms with van der Waals surface area (Å²) in [5.41, 5.74) is 2.64. The maximum atomic E-state index is 13.8. The third kappa shape index (κ3) is 6.38. The molecule has 3 aromatic rings. The van der Waals surface area contributed by atoms with Crippen molar-refractivity contribution in [1.82, 2.24) is 14.7 Å². The molecule has 0 aliphatic rings. The monoisotopic (exact) mass is 441 g/mol. The maximum Gasteiger partial charge on any atom is 0.222 e. The van der Waals surface area contributed by atoms with E-state index in [1.807, 2.05) is 37.4 Å². The van der Waals surface area contributed by atoms with Gasteiger partial charge in [0.2, 0.25) is 5.88 Å². The van der Waals surface area contributed by atoms with E-state index in [1.54, 1.807) is 23.9 Å². The van der Waals surface area contributed by atoms with Crippen LogP contribution in [0.15, 0.2) is 54.6 Å². The van der Waals surface area contributed by atoms with Crippen LogP contribution >= 0.6 is 0 Å². The van der Waals surface area contributed by atoms with Crippen molar-refractivity contribution in [3.63, 3.8) is 0 Å². The predicted molar refractivity (Wildman–Crippen MR) is 123 cm³/mol. The molecule has 1 unspecified atom stereocenters. The standard InChI is InChI=1S/C25H32FN3O3/c1-4-9-21(30)17-29(14-15-31-3)18-23-24(19-10-6-5-7-11-19)27-28(2)25(23)32-22-13-8-12-20(26)16-22/h5-8,10-13,16,21,30H,4,9,14-15,17-18H2,1-3H3. The summed E-state index contributed by atoms with van der Waals surface area (Å²) in [6, 6.07) is 16.0. The van der Waals surface area contributed by atoms with E-state index in [1.165, 1.54) is 12.1 Å². The number of methoxy groups -OCH3 is 1. The number of halogens is 1. The fraction of sp³-hybridized carbons (Fsp3) is 0.400. The second-order valence-electron chi connectivity index (χ2n) is 7.85. The number of nitrogens with zero attached hydrogens (tertiary/aromatic N) is 3. The lowest BCUT2D eigenvalue weighted by Gasteiger charge is -2.25. The van der Waals surface area contributed by atoms with Gasteiger partial charge in [-0.1, -0.05) is 49.7 Å². The first kappa shape index (κ1) is 23.9. The van der Waals surface area contributed by atoms with Crippen molar-refractivity contribution in [2.45, 2.75) is 32.4 Å². The SMILES string of the molecule is CCCC(O)CN(CCOC)Cc1c(-c2ccccc2)nn(C)c1Oc1cccc(F)c1. The van der Waals surface area contributed by atoms with E-state index in [2.05, 4.69) is 11.8 Å². The fourth-order valence-electron chi connectivity index (χ4n) is 3.69. The van der Waals surface area contributed by atoms with Crippen LogP contribution in [0.3, 0.4) is 0 Å². The molecule has 172 valence electrons. The van der Waals surface area contributed by atoms with Crippen molar-refractivity contribution in [1.29, 1.82) is 0 Å². The van der Waals surface area contributed by atoms with E-state index >= 15 is 0 Å². The van der Waals surface area contributed by atoms with Crippen LogP contribution < -0.4 is 4.74 Å². The lowest BCUT2D eigenvalue weighted by molar-refractivity contribution is 0.0797. The molecule has 1 heterocycles. The van der Waals surface area contributed by atoms with E-state index < -0.39 is 6.10 Å². The van der Waals surface area contributed by atoms with Crippen molar-refractivity contribution >= 4 is 0 Å². The average molecular weight is 442 g/mol. The third-order valence-corrected chi connectivity index (χ3v) is 5.23. The van der Waals surface area contributed by atoms with E-state index in [-0.39, 0.29) is 5.82 Å². The minimum absolute atomic E-state index is 0.362. The number of aliphatic hydroxyl groups excluding tert-OH is 1. The number of hydrogen-bond acceptors (Lipinski definition) is 5. The summed E-state index contributed by atoms with van der Waals surface area (Å²) in [6.07, 6.45) is 1.21. The zero-order valence-corrected chi connectivity index (χ0v) is 19.0. The van der Waals surface area contributed by atoms with Crippen molar-refractivity contribution in [2.24, 2.45) is 7.05 Å². The molecule has 0 saturated carbocycles. The normalized spacial score (nSPS) is 12.3. The molecule has 0 saturated heterocycles. The molecule has 0 aliphatic heterocycles. The minimum atomic E-state index is -0.429. The van der Waals surface area contributed by atoms with Crippen LogP contribution in [0, 0.1) is 5.82 Å². The van der Waals surface area contributed by atoms with Gasteiger partial charge in [0, 0.05) is 45.4 Å². The number of aliphatic hydroxyl groups is 1. The summed E-state index contributed by atoms with van der Waals surface area (Å²) >= 11 is 0. The van der Waals surface area contributed by atoms with Crippen LogP contribution in [0.4, 0.5) is 4.39 Å². The molecular weight excluding hydrogens is 409 g/mol. The zero-order chi connectivity index (χ0) is 22.9. The molecule has 1 aromatic heterocycles. The van der Waals surface area contributed by atoms with Crippen LogP contribution in [-0.4, -0.2) is 52.7 Å². The van der Waals surface area contributed by atoms with Crippen LogP contribution in [0.1, 0.15) is 25.3 Å². The van der Waals surface area contributed by atoms with Gasteiger partial charge in [-0.05, 0) is 18.6 Å². The second-order valence-corrected chi connectivity index (χ2v) is 7.85. The highest BCUT2D eigenvalue weighted by Crippen LogP contribution is 2.34. The van der Waals surface area contributed by atoms with E-state index in [0.717, 1.165) is 29.7 Å². The van der Waals surface area contributed by atoms with Gasteiger partial charge in [-0.15, -0.1) is 0 Å². The number of ether oxygens (including phenoxy) is 2. The average Bonchev–Trinajstić information content (AvgIpc) is 3.08. The largest absolute Gasteiger partial charge is 0.439 e. The Morgan fingerprint density at radius 1 is 1.16 bits per heavy atom. The molecule has 2 aromatic carbocycles. The Morgan fingerprint density at radius 3 is 2.62 bits per heavy atom. The Bertz CT molecular complexity index is 978.